The van der Waals surface area contributed by atoms with Gasteiger partial charge in [0.25, 0.3) is 0 Å². The summed E-state index contributed by atoms with van der Waals surface area (Å²) in [6.07, 6.45) is -1.75. The van der Waals surface area contributed by atoms with Gasteiger partial charge in [-0.25, -0.2) is 8.78 Å². The van der Waals surface area contributed by atoms with Crippen molar-refractivity contribution in [2.75, 3.05) is 20.1 Å². The molecule has 1 rings (SSSR count). The van der Waals surface area contributed by atoms with E-state index in [0.717, 1.165) is 6.54 Å². The van der Waals surface area contributed by atoms with Crippen LogP contribution in [-0.4, -0.2) is 37.0 Å². The van der Waals surface area contributed by atoms with E-state index in [-0.39, 0.29) is 6.42 Å². The molecule has 1 heterocycles. The highest BCUT2D eigenvalue weighted by atomic mass is 19.3. The van der Waals surface area contributed by atoms with E-state index in [2.05, 4.69) is 0 Å². The fourth-order valence-electron chi connectivity index (χ4n) is 1.58. The predicted molar refractivity (Wildman–Crippen MR) is 39.7 cm³/mol. The molecule has 1 saturated heterocycles. The van der Waals surface area contributed by atoms with Crippen molar-refractivity contribution in [2.45, 2.75) is 24.8 Å². The van der Waals surface area contributed by atoms with Crippen molar-refractivity contribution in [1.29, 1.82) is 0 Å². The van der Waals surface area contributed by atoms with Gasteiger partial charge in [-0.05, 0) is 20.0 Å². The average Bonchev–Trinajstić information content (AvgIpc) is 2.08. The van der Waals surface area contributed by atoms with E-state index < -0.39 is 12.0 Å². The summed E-state index contributed by atoms with van der Waals surface area (Å²) in [7, 11) is 1.90. The largest absolute Gasteiger partial charge is 0.324 e. The van der Waals surface area contributed by atoms with Gasteiger partial charge in [0.05, 0.1) is 0 Å². The van der Waals surface area contributed by atoms with Crippen LogP contribution in [-0.2, 0) is 0 Å². The number of hydrogen-bond donors (Lipinski definition) is 1. The van der Waals surface area contributed by atoms with Gasteiger partial charge < -0.3 is 10.6 Å². The molecule has 11 heavy (non-hydrogen) atoms. The second kappa shape index (κ2) is 3.03. The molecule has 0 amide bonds. The highest BCUT2D eigenvalue weighted by Gasteiger charge is 2.34. The normalized spacial score (nSPS) is 33.5. The third kappa shape index (κ3) is 2.38. The first-order chi connectivity index (χ1) is 5.02. The first-order valence-electron chi connectivity index (χ1n) is 3.77. The van der Waals surface area contributed by atoms with Crippen molar-refractivity contribution in [3.8, 4) is 0 Å². The predicted octanol–water partition coefficient (Wildman–Crippen LogP) is 0.675. The lowest BCUT2D eigenvalue weighted by Crippen LogP contribution is -2.43. The van der Waals surface area contributed by atoms with Gasteiger partial charge in [-0.2, -0.15) is 0 Å². The highest BCUT2D eigenvalue weighted by Crippen LogP contribution is 2.23. The Hall–Kier alpha value is -0.220. The summed E-state index contributed by atoms with van der Waals surface area (Å²) in [5.41, 5.74) is 5.09. The molecule has 1 aliphatic heterocycles. The number of nitrogens with zero attached hydrogens (tertiary/aromatic N) is 1. The van der Waals surface area contributed by atoms with Gasteiger partial charge in [-0.15, -0.1) is 0 Å². The molecule has 0 aromatic heterocycles. The number of nitrogens with two attached hydrogens (primary N) is 1. The Morgan fingerprint density at radius 3 is 2.64 bits per heavy atom. The topological polar surface area (TPSA) is 29.3 Å². The summed E-state index contributed by atoms with van der Waals surface area (Å²) in [4.78, 5) is 1.99. The lowest BCUT2D eigenvalue weighted by atomic mass is 9.96. The van der Waals surface area contributed by atoms with Crippen LogP contribution in [0.4, 0.5) is 8.78 Å². The number of halogens is 2. The molecule has 1 atom stereocenters. The zero-order valence-corrected chi connectivity index (χ0v) is 6.69. The fourth-order valence-corrected chi connectivity index (χ4v) is 1.58. The lowest BCUT2D eigenvalue weighted by Gasteiger charge is -2.22. The van der Waals surface area contributed by atoms with E-state index in [1.165, 1.54) is 0 Å². The Morgan fingerprint density at radius 2 is 2.27 bits per heavy atom. The Kier molecular flexibility index (Phi) is 2.44. The first-order valence-corrected chi connectivity index (χ1v) is 3.77. The van der Waals surface area contributed by atoms with Gasteiger partial charge in [0, 0.05) is 18.5 Å². The van der Waals surface area contributed by atoms with Gasteiger partial charge in [-0.1, -0.05) is 0 Å². The number of likely N-dealkylation sites (N-methyl/N-ethyl adjacent to an activating group) is 1. The zero-order chi connectivity index (χ0) is 8.48. The molecule has 0 spiro atoms. The van der Waals surface area contributed by atoms with Crippen molar-refractivity contribution in [1.82, 2.24) is 4.90 Å². The number of hydrogen-bond acceptors (Lipinski definition) is 2. The van der Waals surface area contributed by atoms with E-state index in [1.54, 1.807) is 0 Å². The maximum atomic E-state index is 12.0. The molecule has 1 aliphatic rings. The summed E-state index contributed by atoms with van der Waals surface area (Å²) in [6.45, 7) is 1.43. The van der Waals surface area contributed by atoms with Gasteiger partial charge >= 0.3 is 0 Å². The third-order valence-electron chi connectivity index (χ3n) is 2.14. The van der Waals surface area contributed by atoms with Gasteiger partial charge in [0.2, 0.25) is 6.43 Å². The van der Waals surface area contributed by atoms with Gasteiger partial charge in [0.15, 0.2) is 0 Å². The minimum atomic E-state index is -2.27. The van der Waals surface area contributed by atoms with Crippen molar-refractivity contribution in [3.05, 3.63) is 0 Å². The molecule has 0 aromatic rings. The van der Waals surface area contributed by atoms with Crippen molar-refractivity contribution in [3.63, 3.8) is 0 Å². The van der Waals surface area contributed by atoms with Crippen LogP contribution in [0.3, 0.4) is 0 Å². The number of likely N-dealkylation sites (tertiary alicyclic amines) is 1. The molecule has 2 N–H and O–H groups in total. The number of alkyl halides is 2. The molecule has 66 valence electrons. The maximum absolute atomic E-state index is 12.0. The third-order valence-corrected chi connectivity index (χ3v) is 2.14. The van der Waals surface area contributed by atoms with Crippen LogP contribution >= 0.6 is 0 Å². The Labute approximate surface area is 65.4 Å². The van der Waals surface area contributed by atoms with Crippen LogP contribution in [0.1, 0.15) is 12.8 Å². The summed E-state index contributed by atoms with van der Waals surface area (Å²) in [5.74, 6) is 0. The standard InChI is InChI=1S/C7H14F2N2/c1-11-3-2-7(10,5-11)4-6(8)9/h6H,2-5,10H2,1H3. The highest BCUT2D eigenvalue weighted by molar-refractivity contribution is 4.93. The van der Waals surface area contributed by atoms with Crippen molar-refractivity contribution < 1.29 is 8.78 Å². The van der Waals surface area contributed by atoms with E-state index >= 15 is 0 Å². The maximum Gasteiger partial charge on any atom is 0.240 e. The minimum Gasteiger partial charge on any atom is -0.324 e. The number of rotatable bonds is 2. The molecule has 0 bridgehead atoms. The fraction of sp³-hybridized carbons (Fsp3) is 1.00. The SMILES string of the molecule is CN1CCC(N)(CC(F)F)C1. The summed E-state index contributed by atoms with van der Waals surface area (Å²) < 4.78 is 23.9. The molecule has 1 unspecified atom stereocenters. The molecular formula is C7H14F2N2. The first kappa shape index (κ1) is 8.87. The lowest BCUT2D eigenvalue weighted by molar-refractivity contribution is 0.106. The Balaban J connectivity index is 2.42. The van der Waals surface area contributed by atoms with Crippen LogP contribution in [0.15, 0.2) is 0 Å². The minimum absolute atomic E-state index is 0.169. The van der Waals surface area contributed by atoms with Crippen molar-refractivity contribution in [2.24, 2.45) is 5.73 Å². The van der Waals surface area contributed by atoms with E-state index in [4.69, 9.17) is 5.73 Å². The second-order valence-electron chi connectivity index (χ2n) is 3.45. The van der Waals surface area contributed by atoms with Gasteiger partial charge in [0.1, 0.15) is 0 Å². The zero-order valence-electron chi connectivity index (χ0n) is 6.69. The van der Waals surface area contributed by atoms with Crippen LogP contribution in [0, 0.1) is 0 Å². The molecule has 0 saturated carbocycles. The molecule has 0 aromatic carbocycles. The van der Waals surface area contributed by atoms with Crippen LogP contribution in [0.25, 0.3) is 0 Å². The van der Waals surface area contributed by atoms with Gasteiger partial charge in [-0.3, -0.25) is 0 Å². The molecule has 0 radical (unpaired) electrons. The molecular weight excluding hydrogens is 150 g/mol. The van der Waals surface area contributed by atoms with E-state index in [9.17, 15) is 8.78 Å². The molecule has 2 nitrogen and oxygen atoms in total. The van der Waals surface area contributed by atoms with Crippen LogP contribution < -0.4 is 5.73 Å². The molecule has 0 aliphatic carbocycles. The summed E-state index contributed by atoms with van der Waals surface area (Å²) in [6, 6.07) is 0. The molecule has 1 fully saturated rings. The summed E-state index contributed by atoms with van der Waals surface area (Å²) in [5, 5.41) is 0. The average molecular weight is 164 g/mol. The monoisotopic (exact) mass is 164 g/mol. The van der Waals surface area contributed by atoms with E-state index in [0.29, 0.717) is 13.0 Å². The summed E-state index contributed by atoms with van der Waals surface area (Å²) >= 11 is 0. The quantitative estimate of drug-likeness (QED) is 0.650. The van der Waals surface area contributed by atoms with Crippen molar-refractivity contribution >= 4 is 0 Å². The second-order valence-corrected chi connectivity index (χ2v) is 3.45. The Bertz CT molecular complexity index is 140. The molecule has 4 heteroatoms. The Morgan fingerprint density at radius 1 is 1.64 bits per heavy atom. The van der Waals surface area contributed by atoms with E-state index in [1.807, 2.05) is 11.9 Å². The van der Waals surface area contributed by atoms with Crippen LogP contribution in [0.2, 0.25) is 0 Å². The smallest absolute Gasteiger partial charge is 0.240 e. The van der Waals surface area contributed by atoms with Crippen LogP contribution in [0.5, 0.6) is 0 Å².